The van der Waals surface area contributed by atoms with Gasteiger partial charge in [0.2, 0.25) is 0 Å². The Morgan fingerprint density at radius 2 is 2.18 bits per heavy atom. The van der Waals surface area contributed by atoms with Gasteiger partial charge in [-0.3, -0.25) is 4.79 Å². The van der Waals surface area contributed by atoms with Gasteiger partial charge >= 0.3 is 0 Å². The second-order valence-corrected chi connectivity index (χ2v) is 7.15. The molecule has 0 aliphatic carbocycles. The molecular weight excluding hydrogens is 276 g/mol. The molecule has 4 heteroatoms. The van der Waals surface area contributed by atoms with Crippen molar-refractivity contribution in [1.29, 1.82) is 0 Å². The van der Waals surface area contributed by atoms with Crippen molar-refractivity contribution in [3.8, 4) is 0 Å². The van der Waals surface area contributed by atoms with Crippen molar-refractivity contribution in [2.45, 2.75) is 40.2 Å². The van der Waals surface area contributed by atoms with Gasteiger partial charge in [-0.15, -0.1) is 0 Å². The molecule has 22 heavy (non-hydrogen) atoms. The van der Waals surface area contributed by atoms with Gasteiger partial charge in [0, 0.05) is 28.7 Å². The Labute approximate surface area is 131 Å². The maximum absolute atomic E-state index is 12.3. The summed E-state index contributed by atoms with van der Waals surface area (Å²) in [5.41, 5.74) is 4.34. The van der Waals surface area contributed by atoms with Crippen LogP contribution < -0.4 is 5.32 Å². The van der Waals surface area contributed by atoms with Crippen LogP contribution in [0.4, 0.5) is 0 Å². The minimum Gasteiger partial charge on any atom is -0.376 e. The summed E-state index contributed by atoms with van der Waals surface area (Å²) < 4.78 is 5.73. The molecule has 2 aromatic rings. The number of aromatic amines is 1. The summed E-state index contributed by atoms with van der Waals surface area (Å²) in [4.78, 5) is 15.7. The number of ether oxygens (including phenoxy) is 1. The van der Waals surface area contributed by atoms with Crippen LogP contribution in [0.15, 0.2) is 18.2 Å². The number of fused-ring (bicyclic) bond motifs is 1. The molecule has 0 bridgehead atoms. The van der Waals surface area contributed by atoms with Crippen molar-refractivity contribution >= 4 is 16.8 Å². The highest BCUT2D eigenvalue weighted by Crippen LogP contribution is 2.31. The SMILES string of the molecule is Cc1[nH]c2ccc(C(=O)NCC3CC(C)(C)CO3)cc2c1C. The smallest absolute Gasteiger partial charge is 0.251 e. The molecule has 1 atom stereocenters. The molecule has 0 saturated carbocycles. The second-order valence-electron chi connectivity index (χ2n) is 7.15. The number of H-pyrrole nitrogens is 1. The summed E-state index contributed by atoms with van der Waals surface area (Å²) in [6.07, 6.45) is 1.11. The van der Waals surface area contributed by atoms with Gasteiger partial charge in [0.05, 0.1) is 12.7 Å². The van der Waals surface area contributed by atoms with Crippen molar-refractivity contribution in [2.75, 3.05) is 13.2 Å². The van der Waals surface area contributed by atoms with Crippen molar-refractivity contribution in [1.82, 2.24) is 10.3 Å². The zero-order chi connectivity index (χ0) is 15.9. The Morgan fingerprint density at radius 1 is 1.41 bits per heavy atom. The van der Waals surface area contributed by atoms with Gasteiger partial charge in [0.1, 0.15) is 0 Å². The number of aromatic nitrogens is 1. The number of carbonyl (C=O) groups excluding carboxylic acids is 1. The van der Waals surface area contributed by atoms with Crippen LogP contribution in [0.25, 0.3) is 10.9 Å². The zero-order valence-electron chi connectivity index (χ0n) is 13.7. The molecule has 4 nitrogen and oxygen atoms in total. The Hall–Kier alpha value is -1.81. The number of hydrogen-bond acceptors (Lipinski definition) is 2. The van der Waals surface area contributed by atoms with E-state index in [1.807, 2.05) is 25.1 Å². The summed E-state index contributed by atoms with van der Waals surface area (Å²) in [5.74, 6) is -0.0338. The van der Waals surface area contributed by atoms with Gasteiger partial charge in [-0.1, -0.05) is 13.8 Å². The lowest BCUT2D eigenvalue weighted by molar-refractivity contribution is 0.0831. The first-order chi connectivity index (χ1) is 10.4. The largest absolute Gasteiger partial charge is 0.376 e. The van der Waals surface area contributed by atoms with Crippen molar-refractivity contribution in [3.63, 3.8) is 0 Å². The van der Waals surface area contributed by atoms with Gasteiger partial charge in [0.15, 0.2) is 0 Å². The molecule has 1 aromatic carbocycles. The van der Waals surface area contributed by atoms with Crippen LogP contribution in [0.2, 0.25) is 0 Å². The number of benzene rings is 1. The number of hydrogen-bond donors (Lipinski definition) is 2. The van der Waals surface area contributed by atoms with Crippen molar-refractivity contribution < 1.29 is 9.53 Å². The molecule has 2 N–H and O–H groups in total. The van der Waals surface area contributed by atoms with Crippen molar-refractivity contribution in [3.05, 3.63) is 35.0 Å². The first kappa shape index (κ1) is 15.1. The van der Waals surface area contributed by atoms with Gasteiger partial charge in [-0.05, 0) is 49.4 Å². The Morgan fingerprint density at radius 3 is 2.86 bits per heavy atom. The highest BCUT2D eigenvalue weighted by atomic mass is 16.5. The van der Waals surface area contributed by atoms with Crippen LogP contribution in [0.3, 0.4) is 0 Å². The van der Waals surface area contributed by atoms with Crippen LogP contribution >= 0.6 is 0 Å². The van der Waals surface area contributed by atoms with Crippen LogP contribution in [0, 0.1) is 19.3 Å². The number of nitrogens with one attached hydrogen (secondary N) is 2. The molecule has 1 amide bonds. The van der Waals surface area contributed by atoms with E-state index in [0.29, 0.717) is 12.1 Å². The van der Waals surface area contributed by atoms with Crippen LogP contribution in [0.5, 0.6) is 0 Å². The topological polar surface area (TPSA) is 54.1 Å². The molecule has 1 fully saturated rings. The minimum absolute atomic E-state index is 0.0338. The third kappa shape index (κ3) is 2.88. The fourth-order valence-electron chi connectivity index (χ4n) is 3.12. The maximum Gasteiger partial charge on any atom is 0.251 e. The highest BCUT2D eigenvalue weighted by Gasteiger charge is 2.31. The molecule has 118 valence electrons. The van der Waals surface area contributed by atoms with Crippen molar-refractivity contribution in [2.24, 2.45) is 5.41 Å². The molecule has 1 saturated heterocycles. The predicted octanol–water partition coefficient (Wildman–Crippen LogP) is 3.33. The Balaban J connectivity index is 1.69. The molecule has 2 heterocycles. The van der Waals surface area contributed by atoms with Gasteiger partial charge in [-0.25, -0.2) is 0 Å². The van der Waals surface area contributed by atoms with Crippen LogP contribution in [0.1, 0.15) is 41.9 Å². The van der Waals surface area contributed by atoms with E-state index in [1.54, 1.807) is 0 Å². The molecular formula is C18H24N2O2. The molecule has 1 aliphatic heterocycles. The second kappa shape index (κ2) is 5.43. The molecule has 3 rings (SSSR count). The third-order valence-corrected chi connectivity index (χ3v) is 4.55. The summed E-state index contributed by atoms with van der Waals surface area (Å²) in [6, 6.07) is 5.80. The summed E-state index contributed by atoms with van der Waals surface area (Å²) in [6.45, 7) is 9.85. The first-order valence-electron chi connectivity index (χ1n) is 7.84. The van der Waals surface area contributed by atoms with E-state index in [-0.39, 0.29) is 17.4 Å². The standard InChI is InChI=1S/C18H24N2O2/c1-11-12(2)20-16-6-5-13(7-15(11)16)17(21)19-9-14-8-18(3,4)10-22-14/h5-7,14,20H,8-10H2,1-4H3,(H,19,21). The number of rotatable bonds is 3. The lowest BCUT2D eigenvalue weighted by atomic mass is 9.91. The predicted molar refractivity (Wildman–Crippen MR) is 88.2 cm³/mol. The van der Waals surface area contributed by atoms with E-state index in [2.05, 4.69) is 31.1 Å². The number of carbonyl (C=O) groups is 1. The Bertz CT molecular complexity index is 715. The maximum atomic E-state index is 12.3. The summed E-state index contributed by atoms with van der Waals surface area (Å²) in [7, 11) is 0. The molecule has 1 unspecified atom stereocenters. The monoisotopic (exact) mass is 300 g/mol. The highest BCUT2D eigenvalue weighted by molar-refractivity contribution is 5.99. The lowest BCUT2D eigenvalue weighted by Gasteiger charge is -2.14. The van der Waals surface area contributed by atoms with Crippen LogP contribution in [-0.2, 0) is 4.74 Å². The molecule has 0 spiro atoms. The van der Waals surface area contributed by atoms with Crippen LogP contribution in [-0.4, -0.2) is 30.1 Å². The Kier molecular flexibility index (Phi) is 3.73. The number of aryl methyl sites for hydroxylation is 2. The average molecular weight is 300 g/mol. The molecule has 1 aromatic heterocycles. The lowest BCUT2D eigenvalue weighted by Crippen LogP contribution is -2.32. The number of amides is 1. The van der Waals surface area contributed by atoms with E-state index in [0.717, 1.165) is 29.6 Å². The van der Waals surface area contributed by atoms with Gasteiger partial charge in [0.25, 0.3) is 5.91 Å². The normalized spacial score (nSPS) is 20.5. The quantitative estimate of drug-likeness (QED) is 0.913. The molecule has 0 radical (unpaired) electrons. The fourth-order valence-corrected chi connectivity index (χ4v) is 3.12. The van der Waals surface area contributed by atoms with E-state index >= 15 is 0 Å². The van der Waals surface area contributed by atoms with E-state index in [4.69, 9.17) is 4.74 Å². The van der Waals surface area contributed by atoms with E-state index in [1.165, 1.54) is 5.56 Å². The van der Waals surface area contributed by atoms with Gasteiger partial charge < -0.3 is 15.0 Å². The zero-order valence-corrected chi connectivity index (χ0v) is 13.7. The van der Waals surface area contributed by atoms with E-state index < -0.39 is 0 Å². The average Bonchev–Trinajstić information content (AvgIpc) is 2.96. The molecule has 1 aliphatic rings. The summed E-state index contributed by atoms with van der Waals surface area (Å²) >= 11 is 0. The summed E-state index contributed by atoms with van der Waals surface area (Å²) in [5, 5.41) is 4.11. The van der Waals surface area contributed by atoms with Gasteiger partial charge in [-0.2, -0.15) is 0 Å². The fraction of sp³-hybridized carbons (Fsp3) is 0.500. The third-order valence-electron chi connectivity index (χ3n) is 4.55. The van der Waals surface area contributed by atoms with E-state index in [9.17, 15) is 4.79 Å². The minimum atomic E-state index is -0.0338. The first-order valence-corrected chi connectivity index (χ1v) is 7.84.